The van der Waals surface area contributed by atoms with Crippen molar-refractivity contribution in [2.45, 2.75) is 26.2 Å². The van der Waals surface area contributed by atoms with Gasteiger partial charge in [-0.25, -0.2) is 4.39 Å². The lowest BCUT2D eigenvalue weighted by molar-refractivity contribution is -0.126. The number of piperidine rings is 1. The number of carbonyl (C=O) groups excluding carboxylic acids is 2. The first-order valence-corrected chi connectivity index (χ1v) is 7.44. The van der Waals surface area contributed by atoms with Crippen LogP contribution in [0.25, 0.3) is 0 Å². The highest BCUT2D eigenvalue weighted by atomic mass is 19.1. The van der Waals surface area contributed by atoms with Gasteiger partial charge in [0.25, 0.3) is 5.91 Å². The second-order valence-corrected chi connectivity index (χ2v) is 5.39. The van der Waals surface area contributed by atoms with E-state index in [1.807, 2.05) is 6.92 Å². The SMILES string of the molecule is CCCNC(=O)[C@H]1CCCN(C(=O)c2ccc(F)cc2)C1. The summed E-state index contributed by atoms with van der Waals surface area (Å²) >= 11 is 0. The zero-order valence-electron chi connectivity index (χ0n) is 12.3. The zero-order valence-corrected chi connectivity index (χ0v) is 12.3. The first kappa shape index (κ1) is 15.5. The maximum Gasteiger partial charge on any atom is 0.253 e. The molecule has 0 bridgehead atoms. The maximum absolute atomic E-state index is 12.9. The third-order valence-corrected chi connectivity index (χ3v) is 3.72. The van der Waals surface area contributed by atoms with Gasteiger partial charge in [0, 0.05) is 25.2 Å². The van der Waals surface area contributed by atoms with Crippen molar-refractivity contribution in [2.75, 3.05) is 19.6 Å². The molecule has 0 spiro atoms. The average molecular weight is 292 g/mol. The summed E-state index contributed by atoms with van der Waals surface area (Å²) in [4.78, 5) is 26.1. The van der Waals surface area contributed by atoms with Crippen LogP contribution in [-0.4, -0.2) is 36.3 Å². The van der Waals surface area contributed by atoms with Gasteiger partial charge in [-0.05, 0) is 43.5 Å². The smallest absolute Gasteiger partial charge is 0.253 e. The molecule has 0 saturated carbocycles. The van der Waals surface area contributed by atoms with Gasteiger partial charge in [0.2, 0.25) is 5.91 Å². The summed E-state index contributed by atoms with van der Waals surface area (Å²) in [6, 6.07) is 5.53. The van der Waals surface area contributed by atoms with Crippen LogP contribution in [0.1, 0.15) is 36.5 Å². The van der Waals surface area contributed by atoms with E-state index in [1.165, 1.54) is 24.3 Å². The van der Waals surface area contributed by atoms with E-state index in [0.29, 0.717) is 25.2 Å². The van der Waals surface area contributed by atoms with Crippen molar-refractivity contribution in [3.63, 3.8) is 0 Å². The molecule has 1 aliphatic heterocycles. The van der Waals surface area contributed by atoms with E-state index in [2.05, 4.69) is 5.32 Å². The van der Waals surface area contributed by atoms with Crippen LogP contribution in [0.2, 0.25) is 0 Å². The highest BCUT2D eigenvalue weighted by Gasteiger charge is 2.28. The van der Waals surface area contributed by atoms with Gasteiger partial charge < -0.3 is 10.2 Å². The Morgan fingerprint density at radius 3 is 2.71 bits per heavy atom. The molecule has 1 aromatic rings. The van der Waals surface area contributed by atoms with Crippen LogP contribution in [0.15, 0.2) is 24.3 Å². The maximum atomic E-state index is 12.9. The summed E-state index contributed by atoms with van der Waals surface area (Å²) in [5, 5.41) is 2.88. The van der Waals surface area contributed by atoms with E-state index >= 15 is 0 Å². The third-order valence-electron chi connectivity index (χ3n) is 3.72. The summed E-state index contributed by atoms with van der Waals surface area (Å²) in [5.41, 5.74) is 0.464. The molecule has 1 atom stereocenters. The van der Waals surface area contributed by atoms with Crippen LogP contribution in [-0.2, 0) is 4.79 Å². The standard InChI is InChI=1S/C16H21FN2O2/c1-2-9-18-15(20)13-4-3-10-19(11-13)16(21)12-5-7-14(17)8-6-12/h5-8,13H,2-4,9-11H2,1H3,(H,18,20)/t13-/m0/s1. The van der Waals surface area contributed by atoms with Crippen LogP contribution >= 0.6 is 0 Å². The molecule has 0 unspecified atom stereocenters. The topological polar surface area (TPSA) is 49.4 Å². The lowest BCUT2D eigenvalue weighted by atomic mass is 9.96. The summed E-state index contributed by atoms with van der Waals surface area (Å²) in [6.45, 7) is 3.76. The molecular formula is C16H21FN2O2. The summed E-state index contributed by atoms with van der Waals surface area (Å²) in [6.07, 6.45) is 2.52. The second kappa shape index (κ2) is 7.20. The van der Waals surface area contributed by atoms with Gasteiger partial charge >= 0.3 is 0 Å². The van der Waals surface area contributed by atoms with Crippen molar-refractivity contribution in [3.05, 3.63) is 35.6 Å². The Bertz CT molecular complexity index is 502. The second-order valence-electron chi connectivity index (χ2n) is 5.39. The van der Waals surface area contributed by atoms with E-state index in [4.69, 9.17) is 0 Å². The van der Waals surface area contributed by atoms with Crippen molar-refractivity contribution < 1.29 is 14.0 Å². The van der Waals surface area contributed by atoms with E-state index in [-0.39, 0.29) is 23.5 Å². The number of carbonyl (C=O) groups is 2. The van der Waals surface area contributed by atoms with Crippen molar-refractivity contribution in [1.82, 2.24) is 10.2 Å². The monoisotopic (exact) mass is 292 g/mol. The summed E-state index contributed by atoms with van der Waals surface area (Å²) in [5.74, 6) is -0.617. The fourth-order valence-electron chi connectivity index (χ4n) is 2.54. The highest BCUT2D eigenvalue weighted by molar-refractivity contribution is 5.94. The molecule has 0 aliphatic carbocycles. The first-order chi connectivity index (χ1) is 10.1. The Kier molecular flexibility index (Phi) is 5.31. The molecule has 1 heterocycles. The molecule has 114 valence electrons. The molecule has 5 heteroatoms. The predicted octanol–water partition coefficient (Wildman–Crippen LogP) is 2.20. The molecule has 21 heavy (non-hydrogen) atoms. The van der Waals surface area contributed by atoms with Crippen LogP contribution in [0.4, 0.5) is 4.39 Å². The third kappa shape index (κ3) is 4.03. The van der Waals surface area contributed by atoms with E-state index in [9.17, 15) is 14.0 Å². The quantitative estimate of drug-likeness (QED) is 0.925. The van der Waals surface area contributed by atoms with Gasteiger partial charge in [0.05, 0.1) is 5.92 Å². The minimum Gasteiger partial charge on any atom is -0.356 e. The van der Waals surface area contributed by atoms with E-state index in [1.54, 1.807) is 4.90 Å². The fourth-order valence-corrected chi connectivity index (χ4v) is 2.54. The highest BCUT2D eigenvalue weighted by Crippen LogP contribution is 2.19. The minimum atomic E-state index is -0.359. The van der Waals surface area contributed by atoms with Crippen LogP contribution < -0.4 is 5.32 Å². The Labute approximate surface area is 124 Å². The van der Waals surface area contributed by atoms with E-state index < -0.39 is 0 Å². The zero-order chi connectivity index (χ0) is 15.2. The lowest BCUT2D eigenvalue weighted by Gasteiger charge is -2.32. The Balaban J connectivity index is 1.98. The number of rotatable bonds is 4. The van der Waals surface area contributed by atoms with Crippen molar-refractivity contribution in [1.29, 1.82) is 0 Å². The van der Waals surface area contributed by atoms with Gasteiger partial charge in [-0.15, -0.1) is 0 Å². The van der Waals surface area contributed by atoms with E-state index in [0.717, 1.165) is 19.3 Å². The van der Waals surface area contributed by atoms with Crippen LogP contribution in [0, 0.1) is 11.7 Å². The molecule has 2 rings (SSSR count). The number of benzene rings is 1. The minimum absolute atomic E-state index is 0.0217. The Morgan fingerprint density at radius 1 is 1.33 bits per heavy atom. The number of nitrogens with one attached hydrogen (secondary N) is 1. The molecule has 2 amide bonds. The Hall–Kier alpha value is -1.91. The number of hydrogen-bond donors (Lipinski definition) is 1. The van der Waals surface area contributed by atoms with Gasteiger partial charge in [-0.3, -0.25) is 9.59 Å². The number of nitrogens with zero attached hydrogens (tertiary/aromatic N) is 1. The predicted molar refractivity (Wildman–Crippen MR) is 78.3 cm³/mol. The van der Waals surface area contributed by atoms with Gasteiger partial charge in [-0.1, -0.05) is 6.92 Å². The molecule has 1 fully saturated rings. The molecular weight excluding hydrogens is 271 g/mol. The molecule has 1 aromatic carbocycles. The summed E-state index contributed by atoms with van der Waals surface area (Å²) < 4.78 is 12.9. The number of halogens is 1. The van der Waals surface area contributed by atoms with Crippen molar-refractivity contribution >= 4 is 11.8 Å². The van der Waals surface area contributed by atoms with Gasteiger partial charge in [0.1, 0.15) is 5.82 Å². The lowest BCUT2D eigenvalue weighted by Crippen LogP contribution is -2.45. The molecule has 0 radical (unpaired) electrons. The normalized spacial score (nSPS) is 18.4. The molecule has 0 aromatic heterocycles. The van der Waals surface area contributed by atoms with Crippen LogP contribution in [0.3, 0.4) is 0 Å². The number of amides is 2. The molecule has 4 nitrogen and oxygen atoms in total. The van der Waals surface area contributed by atoms with Gasteiger partial charge in [0.15, 0.2) is 0 Å². The molecule has 1 aliphatic rings. The van der Waals surface area contributed by atoms with Crippen molar-refractivity contribution in [3.8, 4) is 0 Å². The first-order valence-electron chi connectivity index (χ1n) is 7.44. The summed E-state index contributed by atoms with van der Waals surface area (Å²) in [7, 11) is 0. The Morgan fingerprint density at radius 2 is 2.05 bits per heavy atom. The van der Waals surface area contributed by atoms with Crippen molar-refractivity contribution in [2.24, 2.45) is 5.92 Å². The molecule has 1 saturated heterocycles. The van der Waals surface area contributed by atoms with Gasteiger partial charge in [-0.2, -0.15) is 0 Å². The average Bonchev–Trinajstić information content (AvgIpc) is 2.52. The fraction of sp³-hybridized carbons (Fsp3) is 0.500. The van der Waals surface area contributed by atoms with Crippen LogP contribution in [0.5, 0.6) is 0 Å². The number of likely N-dealkylation sites (tertiary alicyclic amines) is 1. The molecule has 1 N–H and O–H groups in total. The number of hydrogen-bond acceptors (Lipinski definition) is 2. The largest absolute Gasteiger partial charge is 0.356 e.